The van der Waals surface area contributed by atoms with E-state index in [1.54, 1.807) is 0 Å². The zero-order valence-corrected chi connectivity index (χ0v) is 6.89. The Hall–Kier alpha value is -1.45. The Morgan fingerprint density at radius 1 is 1.31 bits per heavy atom. The number of hydrogen-bond donors (Lipinski definition) is 1. The summed E-state index contributed by atoms with van der Waals surface area (Å²) in [6.07, 6.45) is -0.0360. The molecule has 1 aromatic carbocycles. The van der Waals surface area contributed by atoms with Gasteiger partial charge in [0.15, 0.2) is 0 Å². The molecule has 0 spiro atoms. The van der Waals surface area contributed by atoms with E-state index in [0.29, 0.717) is 0 Å². The molecule has 0 saturated carbocycles. The monoisotopic (exact) mass is 185 g/mol. The molecule has 70 valence electrons. The van der Waals surface area contributed by atoms with Crippen LogP contribution in [0.5, 0.6) is 0 Å². The zero-order valence-electron chi connectivity index (χ0n) is 6.89. The predicted octanol–water partition coefficient (Wildman–Crippen LogP) is 1.38. The number of benzene rings is 1. The van der Waals surface area contributed by atoms with Crippen LogP contribution in [0.25, 0.3) is 0 Å². The molecule has 2 nitrogen and oxygen atoms in total. The summed E-state index contributed by atoms with van der Waals surface area (Å²) in [5, 5.41) is 0. The van der Waals surface area contributed by atoms with Crippen molar-refractivity contribution in [3.8, 4) is 0 Å². The smallest absolute Gasteiger partial charge is 0.217 e. The molecule has 2 N–H and O–H groups in total. The van der Waals surface area contributed by atoms with Crippen LogP contribution in [0.3, 0.4) is 0 Å². The average Bonchev–Trinajstić information content (AvgIpc) is 2.03. The van der Waals surface area contributed by atoms with Crippen molar-refractivity contribution in [1.82, 2.24) is 0 Å². The lowest BCUT2D eigenvalue weighted by Gasteiger charge is -2.02. The van der Waals surface area contributed by atoms with Gasteiger partial charge in [-0.3, -0.25) is 4.79 Å². The summed E-state index contributed by atoms with van der Waals surface area (Å²) in [6, 6.07) is 3.58. The van der Waals surface area contributed by atoms with Crippen LogP contribution in [0.15, 0.2) is 18.2 Å². The largest absolute Gasteiger partial charge is 0.370 e. The van der Waals surface area contributed by atoms with Crippen molar-refractivity contribution >= 4 is 5.91 Å². The first-order chi connectivity index (χ1) is 6.11. The first-order valence-electron chi connectivity index (χ1n) is 3.82. The van der Waals surface area contributed by atoms with Gasteiger partial charge in [0.25, 0.3) is 0 Å². The van der Waals surface area contributed by atoms with Crippen LogP contribution in [-0.2, 0) is 11.2 Å². The molecule has 0 aliphatic heterocycles. The van der Waals surface area contributed by atoms with Crippen molar-refractivity contribution in [3.63, 3.8) is 0 Å². The number of nitrogens with two attached hydrogens (primary N) is 1. The molecule has 0 unspecified atom stereocenters. The fraction of sp³-hybridized carbons (Fsp3) is 0.222. The van der Waals surface area contributed by atoms with E-state index in [0.717, 1.165) is 12.1 Å². The Kier molecular flexibility index (Phi) is 2.95. The van der Waals surface area contributed by atoms with E-state index in [1.807, 2.05) is 0 Å². The SMILES string of the molecule is NC(=O)CCc1c(F)cccc1F. The van der Waals surface area contributed by atoms with E-state index in [4.69, 9.17) is 5.73 Å². The van der Waals surface area contributed by atoms with Crippen LogP contribution >= 0.6 is 0 Å². The van der Waals surface area contributed by atoms with Crippen molar-refractivity contribution in [2.75, 3.05) is 0 Å². The second-order valence-electron chi connectivity index (χ2n) is 2.67. The normalized spacial score (nSPS) is 10.0. The minimum Gasteiger partial charge on any atom is -0.370 e. The van der Waals surface area contributed by atoms with Crippen LogP contribution in [-0.4, -0.2) is 5.91 Å². The Bertz CT molecular complexity index is 305. The molecular weight excluding hydrogens is 176 g/mol. The van der Waals surface area contributed by atoms with Crippen molar-refractivity contribution in [1.29, 1.82) is 0 Å². The summed E-state index contributed by atoms with van der Waals surface area (Å²) < 4.78 is 25.8. The molecule has 0 aliphatic carbocycles. The van der Waals surface area contributed by atoms with Crippen LogP contribution in [0.1, 0.15) is 12.0 Å². The van der Waals surface area contributed by atoms with Gasteiger partial charge in [-0.1, -0.05) is 6.07 Å². The van der Waals surface area contributed by atoms with Gasteiger partial charge in [-0.05, 0) is 18.6 Å². The highest BCUT2D eigenvalue weighted by molar-refractivity contribution is 5.74. The van der Waals surface area contributed by atoms with Gasteiger partial charge in [0.1, 0.15) is 11.6 Å². The molecular formula is C9H9F2NO. The van der Waals surface area contributed by atoms with Gasteiger partial charge >= 0.3 is 0 Å². The molecule has 13 heavy (non-hydrogen) atoms. The zero-order chi connectivity index (χ0) is 9.84. The van der Waals surface area contributed by atoms with Crippen LogP contribution in [0.4, 0.5) is 8.78 Å². The molecule has 0 saturated heterocycles. The number of rotatable bonds is 3. The highest BCUT2D eigenvalue weighted by Gasteiger charge is 2.08. The Balaban J connectivity index is 2.81. The van der Waals surface area contributed by atoms with Gasteiger partial charge in [-0.15, -0.1) is 0 Å². The fourth-order valence-corrected chi connectivity index (χ4v) is 1.02. The summed E-state index contributed by atoms with van der Waals surface area (Å²) in [6.45, 7) is 0. The van der Waals surface area contributed by atoms with Gasteiger partial charge in [0.05, 0.1) is 0 Å². The van der Waals surface area contributed by atoms with Crippen LogP contribution in [0.2, 0.25) is 0 Å². The molecule has 0 fully saturated rings. The number of hydrogen-bond acceptors (Lipinski definition) is 1. The van der Waals surface area contributed by atoms with Gasteiger partial charge in [-0.2, -0.15) is 0 Å². The summed E-state index contributed by atoms with van der Waals surface area (Å²) >= 11 is 0. The molecule has 1 rings (SSSR count). The van der Waals surface area contributed by atoms with Crippen LogP contribution < -0.4 is 5.73 Å². The van der Waals surface area contributed by atoms with Gasteiger partial charge < -0.3 is 5.73 Å². The number of amides is 1. The lowest BCUT2D eigenvalue weighted by atomic mass is 10.1. The maximum atomic E-state index is 12.9. The summed E-state index contributed by atoms with van der Waals surface area (Å²) in [5.74, 6) is -1.84. The van der Waals surface area contributed by atoms with Crippen molar-refractivity contribution in [3.05, 3.63) is 35.4 Å². The molecule has 0 aromatic heterocycles. The summed E-state index contributed by atoms with van der Waals surface area (Å²) in [7, 11) is 0. The van der Waals surface area contributed by atoms with Gasteiger partial charge in [0, 0.05) is 12.0 Å². The third-order valence-corrected chi connectivity index (χ3v) is 1.68. The summed E-state index contributed by atoms with van der Waals surface area (Å²) in [4.78, 5) is 10.4. The molecule has 0 bridgehead atoms. The molecule has 1 aromatic rings. The van der Waals surface area contributed by atoms with E-state index >= 15 is 0 Å². The first-order valence-corrected chi connectivity index (χ1v) is 3.82. The highest BCUT2D eigenvalue weighted by Crippen LogP contribution is 2.13. The quantitative estimate of drug-likeness (QED) is 0.759. The molecule has 0 aliphatic rings. The second-order valence-corrected chi connectivity index (χ2v) is 2.67. The summed E-state index contributed by atoms with van der Waals surface area (Å²) in [5.41, 5.74) is 4.77. The fourth-order valence-electron chi connectivity index (χ4n) is 1.02. The van der Waals surface area contributed by atoms with E-state index in [-0.39, 0.29) is 18.4 Å². The Morgan fingerprint density at radius 2 is 1.85 bits per heavy atom. The third-order valence-electron chi connectivity index (χ3n) is 1.68. The van der Waals surface area contributed by atoms with Gasteiger partial charge in [0.2, 0.25) is 5.91 Å². The molecule has 4 heteroatoms. The highest BCUT2D eigenvalue weighted by atomic mass is 19.1. The van der Waals surface area contributed by atoms with E-state index in [9.17, 15) is 13.6 Å². The van der Waals surface area contributed by atoms with E-state index in [1.165, 1.54) is 6.07 Å². The lowest BCUT2D eigenvalue weighted by Crippen LogP contribution is -2.12. The molecule has 1 amide bonds. The lowest BCUT2D eigenvalue weighted by molar-refractivity contribution is -0.118. The molecule has 0 atom stereocenters. The van der Waals surface area contributed by atoms with Crippen LogP contribution in [0, 0.1) is 11.6 Å². The topological polar surface area (TPSA) is 43.1 Å². The Morgan fingerprint density at radius 3 is 2.31 bits per heavy atom. The molecule has 0 heterocycles. The minimum absolute atomic E-state index is 0.00778. The maximum absolute atomic E-state index is 12.9. The number of halogens is 2. The Labute approximate surface area is 74.4 Å². The van der Waals surface area contributed by atoms with Crippen molar-refractivity contribution < 1.29 is 13.6 Å². The number of carbonyl (C=O) groups excluding carboxylic acids is 1. The number of primary amides is 1. The van der Waals surface area contributed by atoms with Gasteiger partial charge in [-0.25, -0.2) is 8.78 Å². The predicted molar refractivity (Wildman–Crippen MR) is 43.9 cm³/mol. The number of carbonyl (C=O) groups is 1. The first kappa shape index (κ1) is 9.64. The van der Waals surface area contributed by atoms with E-state index in [2.05, 4.69) is 0 Å². The van der Waals surface area contributed by atoms with Crippen molar-refractivity contribution in [2.45, 2.75) is 12.8 Å². The minimum atomic E-state index is -0.638. The maximum Gasteiger partial charge on any atom is 0.217 e. The van der Waals surface area contributed by atoms with E-state index < -0.39 is 17.5 Å². The standard InChI is InChI=1S/C9H9F2NO/c10-7-2-1-3-8(11)6(7)4-5-9(12)13/h1-3H,4-5H2,(H2,12,13). The average molecular weight is 185 g/mol. The third kappa shape index (κ3) is 2.50. The molecule has 0 radical (unpaired) electrons. The van der Waals surface area contributed by atoms with Crippen molar-refractivity contribution in [2.24, 2.45) is 5.73 Å². The second kappa shape index (κ2) is 3.98.